The summed E-state index contributed by atoms with van der Waals surface area (Å²) in [4.78, 5) is 28.2. The fraction of sp³-hybridized carbons (Fsp3) is 0.600. The van der Waals surface area contributed by atoms with Crippen LogP contribution >= 0.6 is 0 Å². The van der Waals surface area contributed by atoms with Gasteiger partial charge in [-0.1, -0.05) is 12.1 Å². The number of hydrogen-bond acceptors (Lipinski definition) is 4. The summed E-state index contributed by atoms with van der Waals surface area (Å²) in [5.41, 5.74) is 1.90. The topological polar surface area (TPSA) is 61.9 Å². The molecule has 0 aliphatic carbocycles. The number of nitrogens with one attached hydrogen (secondary N) is 1. The third-order valence-electron chi connectivity index (χ3n) is 5.14. The highest BCUT2D eigenvalue weighted by Gasteiger charge is 2.31. The van der Waals surface area contributed by atoms with E-state index in [0.717, 1.165) is 13.0 Å². The second-order valence-corrected chi connectivity index (χ2v) is 7.45. The minimum absolute atomic E-state index is 0.00702. The Kier molecular flexibility index (Phi) is 6.27. The number of likely N-dealkylation sites (tertiary alicyclic amines) is 1. The average molecular weight is 359 g/mol. The Morgan fingerprint density at radius 3 is 2.50 bits per heavy atom. The molecular formula is C20H29N3O3. The number of ether oxygens (including phenoxy) is 1. The van der Waals surface area contributed by atoms with Crippen LogP contribution in [0.25, 0.3) is 0 Å². The highest BCUT2D eigenvalue weighted by Crippen LogP contribution is 2.20. The van der Waals surface area contributed by atoms with Crippen LogP contribution in [0.2, 0.25) is 0 Å². The van der Waals surface area contributed by atoms with Crippen molar-refractivity contribution in [1.82, 2.24) is 15.1 Å². The molecule has 1 aromatic carbocycles. The highest BCUT2D eigenvalue weighted by molar-refractivity contribution is 5.94. The van der Waals surface area contributed by atoms with Gasteiger partial charge in [-0.25, -0.2) is 0 Å². The fourth-order valence-corrected chi connectivity index (χ4v) is 3.59. The Labute approximate surface area is 155 Å². The number of benzene rings is 1. The van der Waals surface area contributed by atoms with E-state index in [0.29, 0.717) is 18.5 Å². The van der Waals surface area contributed by atoms with Crippen LogP contribution in [0.3, 0.4) is 0 Å². The Hall–Kier alpha value is -1.92. The lowest BCUT2D eigenvalue weighted by Gasteiger charge is -2.17. The van der Waals surface area contributed by atoms with Gasteiger partial charge in [0, 0.05) is 32.7 Å². The molecule has 0 bridgehead atoms. The van der Waals surface area contributed by atoms with Gasteiger partial charge in [-0.15, -0.1) is 0 Å². The summed E-state index contributed by atoms with van der Waals surface area (Å²) in [5, 5.41) is 2.92. The Bertz CT molecular complexity index is 624. The molecule has 2 heterocycles. The van der Waals surface area contributed by atoms with Crippen molar-refractivity contribution >= 4 is 11.8 Å². The first kappa shape index (κ1) is 18.9. The third-order valence-corrected chi connectivity index (χ3v) is 5.14. The molecule has 6 nitrogen and oxygen atoms in total. The summed E-state index contributed by atoms with van der Waals surface area (Å²) < 4.78 is 5.75. The zero-order valence-corrected chi connectivity index (χ0v) is 15.7. The summed E-state index contributed by atoms with van der Waals surface area (Å²) >= 11 is 0. The number of hydrogen-bond donors (Lipinski definition) is 1. The third kappa shape index (κ3) is 4.83. The van der Waals surface area contributed by atoms with Gasteiger partial charge in [0.25, 0.3) is 11.8 Å². The molecule has 26 heavy (non-hydrogen) atoms. The molecule has 2 atom stereocenters. The van der Waals surface area contributed by atoms with Crippen molar-refractivity contribution < 1.29 is 14.3 Å². The number of likely N-dealkylation sites (N-methyl/N-ethyl adjacent to an activating group) is 1. The minimum atomic E-state index is -0.378. The summed E-state index contributed by atoms with van der Waals surface area (Å²) in [6.07, 6.45) is 3.59. The van der Waals surface area contributed by atoms with E-state index in [1.165, 1.54) is 31.5 Å². The van der Waals surface area contributed by atoms with Gasteiger partial charge >= 0.3 is 0 Å². The van der Waals surface area contributed by atoms with Gasteiger partial charge in [0.05, 0.1) is 6.10 Å². The molecule has 3 rings (SSSR count). The van der Waals surface area contributed by atoms with E-state index in [-0.39, 0.29) is 24.0 Å². The maximum atomic E-state index is 12.3. The van der Waals surface area contributed by atoms with Gasteiger partial charge in [-0.2, -0.15) is 0 Å². The van der Waals surface area contributed by atoms with Crippen LogP contribution < -0.4 is 5.32 Å². The standard InChI is InChI=1S/C20H29N3O3/c1-22(2)20(25)18-10-9-17(26-18)13-21-19(24)16-7-5-15(6-8-16)14-23-11-3-4-12-23/h5-8,17-18H,3-4,9-14H2,1-2H3,(H,21,24)/t17-,18+/m1/s1. The van der Waals surface area contributed by atoms with Crippen molar-refractivity contribution in [3.8, 4) is 0 Å². The van der Waals surface area contributed by atoms with Crippen LogP contribution in [-0.2, 0) is 16.1 Å². The number of nitrogens with zero attached hydrogens (tertiary/aromatic N) is 2. The number of amides is 2. The molecule has 0 unspecified atom stereocenters. The Morgan fingerprint density at radius 2 is 1.85 bits per heavy atom. The van der Waals surface area contributed by atoms with E-state index < -0.39 is 0 Å². The molecule has 0 saturated carbocycles. The van der Waals surface area contributed by atoms with Crippen LogP contribution in [-0.4, -0.2) is 67.6 Å². The van der Waals surface area contributed by atoms with Gasteiger partial charge in [0.1, 0.15) is 6.10 Å². The largest absolute Gasteiger partial charge is 0.363 e. The van der Waals surface area contributed by atoms with E-state index in [2.05, 4.69) is 10.2 Å². The molecule has 0 radical (unpaired) electrons. The smallest absolute Gasteiger partial charge is 0.251 e. The highest BCUT2D eigenvalue weighted by atomic mass is 16.5. The monoisotopic (exact) mass is 359 g/mol. The second-order valence-electron chi connectivity index (χ2n) is 7.45. The maximum Gasteiger partial charge on any atom is 0.251 e. The molecule has 1 N–H and O–H groups in total. The van der Waals surface area contributed by atoms with E-state index in [9.17, 15) is 9.59 Å². The summed E-state index contributed by atoms with van der Waals surface area (Å²) in [6, 6.07) is 7.83. The molecule has 2 fully saturated rings. The van der Waals surface area contributed by atoms with Crippen molar-refractivity contribution in [2.24, 2.45) is 0 Å². The number of rotatable bonds is 6. The van der Waals surface area contributed by atoms with Crippen LogP contribution in [0.4, 0.5) is 0 Å². The van der Waals surface area contributed by atoms with Crippen molar-refractivity contribution in [2.45, 2.75) is 44.4 Å². The molecule has 0 aromatic heterocycles. The predicted octanol–water partition coefficient (Wildman–Crippen LogP) is 1.65. The molecule has 0 spiro atoms. The number of carbonyl (C=O) groups is 2. The fourth-order valence-electron chi connectivity index (χ4n) is 3.59. The molecule has 142 valence electrons. The SMILES string of the molecule is CN(C)C(=O)[C@@H]1CC[C@H](CNC(=O)c2ccc(CN3CCCC3)cc2)O1. The zero-order chi connectivity index (χ0) is 18.5. The van der Waals surface area contributed by atoms with Gasteiger partial charge in [-0.3, -0.25) is 14.5 Å². The summed E-state index contributed by atoms with van der Waals surface area (Å²) in [7, 11) is 3.46. The van der Waals surface area contributed by atoms with Crippen molar-refractivity contribution in [1.29, 1.82) is 0 Å². The van der Waals surface area contributed by atoms with Gasteiger partial charge in [0.15, 0.2) is 0 Å². The van der Waals surface area contributed by atoms with Gasteiger partial charge in [0.2, 0.25) is 0 Å². The average Bonchev–Trinajstić information content (AvgIpc) is 3.31. The first-order chi connectivity index (χ1) is 12.5. The van der Waals surface area contributed by atoms with Crippen molar-refractivity contribution in [2.75, 3.05) is 33.7 Å². The molecule has 2 amide bonds. The molecule has 1 aromatic rings. The van der Waals surface area contributed by atoms with E-state index in [4.69, 9.17) is 4.74 Å². The van der Waals surface area contributed by atoms with Crippen LogP contribution in [0.15, 0.2) is 24.3 Å². The van der Waals surface area contributed by atoms with Crippen molar-refractivity contribution in [3.63, 3.8) is 0 Å². The lowest BCUT2D eigenvalue weighted by atomic mass is 10.1. The minimum Gasteiger partial charge on any atom is -0.363 e. The zero-order valence-electron chi connectivity index (χ0n) is 15.7. The lowest BCUT2D eigenvalue weighted by molar-refractivity contribution is -0.140. The molecular weight excluding hydrogens is 330 g/mol. The van der Waals surface area contributed by atoms with Crippen LogP contribution in [0.5, 0.6) is 0 Å². The molecule has 2 saturated heterocycles. The maximum absolute atomic E-state index is 12.3. The quantitative estimate of drug-likeness (QED) is 0.839. The van der Waals surface area contributed by atoms with Crippen molar-refractivity contribution in [3.05, 3.63) is 35.4 Å². The second kappa shape index (κ2) is 8.64. The number of carbonyl (C=O) groups excluding carboxylic acids is 2. The Morgan fingerprint density at radius 1 is 1.15 bits per heavy atom. The van der Waals surface area contributed by atoms with Crippen LogP contribution in [0, 0.1) is 0 Å². The summed E-state index contributed by atoms with van der Waals surface area (Å²) in [6.45, 7) is 3.73. The van der Waals surface area contributed by atoms with Gasteiger partial charge < -0.3 is 15.0 Å². The van der Waals surface area contributed by atoms with E-state index >= 15 is 0 Å². The first-order valence-corrected chi connectivity index (χ1v) is 9.49. The molecule has 6 heteroatoms. The predicted molar refractivity (Wildman–Crippen MR) is 99.9 cm³/mol. The normalized spacial score (nSPS) is 23.2. The summed E-state index contributed by atoms with van der Waals surface area (Å²) in [5.74, 6) is -0.101. The molecule has 2 aliphatic rings. The van der Waals surface area contributed by atoms with Crippen LogP contribution in [0.1, 0.15) is 41.6 Å². The van der Waals surface area contributed by atoms with E-state index in [1.807, 2.05) is 24.3 Å². The van der Waals surface area contributed by atoms with E-state index in [1.54, 1.807) is 19.0 Å². The van der Waals surface area contributed by atoms with Gasteiger partial charge in [-0.05, 0) is 56.5 Å². The lowest BCUT2D eigenvalue weighted by Crippen LogP contribution is -2.36. The molecule has 2 aliphatic heterocycles. The first-order valence-electron chi connectivity index (χ1n) is 9.49. The Balaban J connectivity index is 1.44.